The maximum Gasteiger partial charge on any atom is 0.115 e. The summed E-state index contributed by atoms with van der Waals surface area (Å²) in [6.07, 6.45) is 4.80. The zero-order chi connectivity index (χ0) is 7.56. The Bertz CT molecular complexity index is 260. The van der Waals surface area contributed by atoms with Gasteiger partial charge in [0.05, 0.1) is 11.4 Å². The average molecular weight is 135 g/mol. The summed E-state index contributed by atoms with van der Waals surface area (Å²) >= 11 is 0. The first-order chi connectivity index (χ1) is 4.79. The molecule has 1 rings (SSSR count). The summed E-state index contributed by atoms with van der Waals surface area (Å²) in [5.41, 5.74) is 1.55. The topological polar surface area (TPSA) is 43.8 Å². The van der Waals surface area contributed by atoms with Gasteiger partial charge in [0, 0.05) is 0 Å². The molecule has 1 heterocycles. The number of nitrogens with two attached hydrogens (primary N) is 1. The fourth-order valence-electron chi connectivity index (χ4n) is 0.752. The van der Waals surface area contributed by atoms with Gasteiger partial charge >= 0.3 is 0 Å². The fraction of sp³-hybridized carbons (Fsp3) is 0. The monoisotopic (exact) mass is 135 g/mol. The van der Waals surface area contributed by atoms with Crippen molar-refractivity contribution in [3.63, 3.8) is 0 Å². The Kier molecular flexibility index (Phi) is 1.58. The number of aromatic nitrogens is 2. The predicted octanol–water partition coefficient (Wildman–Crippen LogP) is 0.883. The van der Waals surface area contributed by atoms with Crippen LogP contribution in [0, 0.1) is 0 Å². The number of hydrogen-bond donors (Lipinski definition) is 1. The van der Waals surface area contributed by atoms with Crippen molar-refractivity contribution in [1.82, 2.24) is 9.66 Å². The second kappa shape index (κ2) is 2.39. The van der Waals surface area contributed by atoms with Gasteiger partial charge in [-0.15, -0.1) is 0 Å². The first-order valence-corrected chi connectivity index (χ1v) is 2.87. The van der Waals surface area contributed by atoms with Gasteiger partial charge in [0.2, 0.25) is 0 Å². The smallest absolute Gasteiger partial charge is 0.115 e. The SMILES string of the molecule is C=Cc1ncn(N)c1C=C. The Morgan fingerprint density at radius 3 is 2.60 bits per heavy atom. The number of imidazole rings is 1. The predicted molar refractivity (Wildman–Crippen MR) is 42.6 cm³/mol. The molecular formula is C7H9N3. The van der Waals surface area contributed by atoms with Crippen molar-refractivity contribution < 1.29 is 0 Å². The highest BCUT2D eigenvalue weighted by Gasteiger charge is 1.99. The molecule has 52 valence electrons. The van der Waals surface area contributed by atoms with Gasteiger partial charge in [-0.25, -0.2) is 9.66 Å². The van der Waals surface area contributed by atoms with Gasteiger partial charge in [-0.1, -0.05) is 13.2 Å². The lowest BCUT2D eigenvalue weighted by molar-refractivity contribution is 0.987. The van der Waals surface area contributed by atoms with Crippen molar-refractivity contribution in [1.29, 1.82) is 0 Å². The van der Waals surface area contributed by atoms with Crippen molar-refractivity contribution in [3.05, 3.63) is 30.9 Å². The van der Waals surface area contributed by atoms with Crippen LogP contribution in [0.15, 0.2) is 19.5 Å². The standard InChI is InChI=1S/C7H9N3/c1-3-6-7(4-2)10(8)5-9-6/h3-5H,1-2,8H2. The van der Waals surface area contributed by atoms with Gasteiger partial charge in [-0.2, -0.15) is 0 Å². The molecule has 0 spiro atoms. The van der Waals surface area contributed by atoms with E-state index in [1.54, 1.807) is 12.2 Å². The van der Waals surface area contributed by atoms with Crippen LogP contribution in [0.25, 0.3) is 12.2 Å². The van der Waals surface area contributed by atoms with Crippen LogP contribution in [-0.4, -0.2) is 9.66 Å². The Balaban J connectivity index is 3.25. The summed E-state index contributed by atoms with van der Waals surface area (Å²) in [6.45, 7) is 7.16. The van der Waals surface area contributed by atoms with E-state index in [1.165, 1.54) is 11.0 Å². The summed E-state index contributed by atoms with van der Waals surface area (Å²) in [5, 5.41) is 0. The average Bonchev–Trinajstić information content (AvgIpc) is 2.30. The van der Waals surface area contributed by atoms with Crippen LogP contribution in [0.3, 0.4) is 0 Å². The molecule has 0 saturated heterocycles. The maximum absolute atomic E-state index is 5.46. The zero-order valence-corrected chi connectivity index (χ0v) is 5.62. The Morgan fingerprint density at radius 1 is 1.50 bits per heavy atom. The highest BCUT2D eigenvalue weighted by atomic mass is 15.3. The third-order valence-corrected chi connectivity index (χ3v) is 1.25. The number of nitrogen functional groups attached to an aromatic ring is 1. The van der Waals surface area contributed by atoms with Crippen LogP contribution in [0.4, 0.5) is 0 Å². The van der Waals surface area contributed by atoms with Crippen LogP contribution in [-0.2, 0) is 0 Å². The molecule has 0 radical (unpaired) electrons. The quantitative estimate of drug-likeness (QED) is 0.612. The molecule has 0 saturated carbocycles. The highest BCUT2D eigenvalue weighted by Crippen LogP contribution is 2.06. The van der Waals surface area contributed by atoms with E-state index in [9.17, 15) is 0 Å². The molecule has 0 aliphatic heterocycles. The Labute approximate surface area is 59.5 Å². The van der Waals surface area contributed by atoms with Crippen LogP contribution in [0.5, 0.6) is 0 Å². The van der Waals surface area contributed by atoms with Crippen molar-refractivity contribution in [2.75, 3.05) is 5.84 Å². The second-order valence-electron chi connectivity index (χ2n) is 1.83. The van der Waals surface area contributed by atoms with E-state index in [1.807, 2.05) is 0 Å². The van der Waals surface area contributed by atoms with Gasteiger partial charge in [-0.3, -0.25) is 0 Å². The van der Waals surface area contributed by atoms with Crippen molar-refractivity contribution in [3.8, 4) is 0 Å². The summed E-state index contributed by atoms with van der Waals surface area (Å²) in [7, 11) is 0. The normalized spacial score (nSPS) is 9.20. The molecule has 0 unspecified atom stereocenters. The molecule has 0 aliphatic rings. The molecule has 0 bridgehead atoms. The number of nitrogens with zero attached hydrogens (tertiary/aromatic N) is 2. The molecule has 0 aliphatic carbocycles. The van der Waals surface area contributed by atoms with E-state index >= 15 is 0 Å². The third kappa shape index (κ3) is 0.815. The van der Waals surface area contributed by atoms with Crippen LogP contribution < -0.4 is 5.84 Å². The van der Waals surface area contributed by atoms with Crippen molar-refractivity contribution in [2.45, 2.75) is 0 Å². The van der Waals surface area contributed by atoms with Crippen LogP contribution >= 0.6 is 0 Å². The van der Waals surface area contributed by atoms with Crippen molar-refractivity contribution in [2.24, 2.45) is 0 Å². The first-order valence-electron chi connectivity index (χ1n) is 2.87. The Hall–Kier alpha value is -1.51. The summed E-state index contributed by atoms with van der Waals surface area (Å²) in [6, 6.07) is 0. The lowest BCUT2D eigenvalue weighted by atomic mass is 10.3. The van der Waals surface area contributed by atoms with Gasteiger partial charge in [0.25, 0.3) is 0 Å². The zero-order valence-electron chi connectivity index (χ0n) is 5.62. The molecule has 3 heteroatoms. The van der Waals surface area contributed by atoms with Crippen LogP contribution in [0.1, 0.15) is 11.4 Å². The minimum atomic E-state index is 0.762. The molecule has 0 atom stereocenters. The van der Waals surface area contributed by atoms with E-state index in [2.05, 4.69) is 18.1 Å². The first kappa shape index (κ1) is 6.61. The van der Waals surface area contributed by atoms with Gasteiger partial charge in [0.15, 0.2) is 0 Å². The van der Waals surface area contributed by atoms with Gasteiger partial charge in [0.1, 0.15) is 6.33 Å². The molecule has 1 aromatic heterocycles. The van der Waals surface area contributed by atoms with Gasteiger partial charge in [-0.05, 0) is 12.2 Å². The van der Waals surface area contributed by atoms with E-state index in [0.717, 1.165) is 11.4 Å². The third-order valence-electron chi connectivity index (χ3n) is 1.25. The molecule has 1 aromatic rings. The molecule has 0 aromatic carbocycles. The molecular weight excluding hydrogens is 126 g/mol. The van der Waals surface area contributed by atoms with Crippen LogP contribution in [0.2, 0.25) is 0 Å². The number of rotatable bonds is 2. The minimum absolute atomic E-state index is 0.762. The van der Waals surface area contributed by atoms with Crippen molar-refractivity contribution >= 4 is 12.2 Å². The van der Waals surface area contributed by atoms with E-state index in [-0.39, 0.29) is 0 Å². The highest BCUT2D eigenvalue weighted by molar-refractivity contribution is 5.57. The molecule has 10 heavy (non-hydrogen) atoms. The summed E-state index contributed by atoms with van der Waals surface area (Å²) in [4.78, 5) is 3.95. The largest absolute Gasteiger partial charge is 0.338 e. The lowest BCUT2D eigenvalue weighted by Gasteiger charge is -1.93. The molecule has 2 N–H and O–H groups in total. The summed E-state index contributed by atoms with van der Waals surface area (Å²) < 4.78 is 1.41. The van der Waals surface area contributed by atoms with E-state index < -0.39 is 0 Å². The maximum atomic E-state index is 5.46. The number of hydrogen-bond acceptors (Lipinski definition) is 2. The van der Waals surface area contributed by atoms with E-state index in [0.29, 0.717) is 0 Å². The fourth-order valence-corrected chi connectivity index (χ4v) is 0.752. The summed E-state index contributed by atoms with van der Waals surface area (Å²) in [5.74, 6) is 5.46. The van der Waals surface area contributed by atoms with Gasteiger partial charge < -0.3 is 5.84 Å². The Morgan fingerprint density at radius 2 is 2.20 bits per heavy atom. The van der Waals surface area contributed by atoms with E-state index in [4.69, 9.17) is 5.84 Å². The molecule has 0 amide bonds. The molecule has 3 nitrogen and oxygen atoms in total. The lowest BCUT2D eigenvalue weighted by Crippen LogP contribution is -2.07. The molecule has 0 fully saturated rings. The second-order valence-corrected chi connectivity index (χ2v) is 1.83. The minimum Gasteiger partial charge on any atom is -0.338 e.